The average molecular weight is 283 g/mol. The van der Waals surface area contributed by atoms with Crippen LogP contribution in [0.4, 0.5) is 0 Å². The molecule has 1 heterocycles. The lowest BCUT2D eigenvalue weighted by atomic mass is 10.0. The number of thioether (sulfide) groups is 1. The molecule has 0 saturated carbocycles. The summed E-state index contributed by atoms with van der Waals surface area (Å²) in [6.07, 6.45) is 1.88. The summed E-state index contributed by atoms with van der Waals surface area (Å²) in [5, 5.41) is 10.0. The van der Waals surface area contributed by atoms with Gasteiger partial charge in [0.15, 0.2) is 0 Å². The maximum atomic E-state index is 12.6. The van der Waals surface area contributed by atoms with Crippen LogP contribution in [0.15, 0.2) is 5.03 Å². The monoisotopic (exact) mass is 283 g/mol. The minimum absolute atomic E-state index is 0.102. The number of aryl methyl sites for hydroxylation is 2. The molecule has 1 amide bonds. The third-order valence-electron chi connectivity index (χ3n) is 3.18. The second kappa shape index (κ2) is 5.88. The summed E-state index contributed by atoms with van der Waals surface area (Å²) in [6, 6.07) is 0. The second-order valence-corrected chi connectivity index (χ2v) is 5.87. The summed E-state index contributed by atoms with van der Waals surface area (Å²) in [5.74, 6) is 0.489. The number of amides is 1. The fourth-order valence-corrected chi connectivity index (χ4v) is 2.29. The normalized spacial score (nSPS) is 11.5. The molecule has 5 nitrogen and oxygen atoms in total. The van der Waals surface area contributed by atoms with Crippen LogP contribution in [0.2, 0.25) is 0 Å². The summed E-state index contributed by atoms with van der Waals surface area (Å²) in [4.78, 5) is 22.7. The Bertz CT molecular complexity index is 489. The molecular weight excluding hydrogens is 262 g/mol. The molecule has 19 heavy (non-hydrogen) atoms. The molecule has 0 aromatic carbocycles. The topological polar surface area (TPSA) is 66.3 Å². The highest BCUT2D eigenvalue weighted by Crippen LogP contribution is 2.24. The molecule has 1 aromatic heterocycles. The zero-order chi connectivity index (χ0) is 14.8. The number of aromatic nitrogens is 2. The molecule has 0 aliphatic heterocycles. The number of nitrogens with zero attached hydrogens (tertiary/aromatic N) is 3. The molecule has 106 valence electrons. The minimum atomic E-state index is -0.621. The van der Waals surface area contributed by atoms with Crippen molar-refractivity contribution in [2.75, 3.05) is 19.9 Å². The van der Waals surface area contributed by atoms with Crippen LogP contribution in [0.5, 0.6) is 0 Å². The standard InChI is InChI=1S/C13H21N3O2S/c1-8-10(11(19-6)15-9(2)14-8)12(18)16(5)13(3,4)7-17/h17H,7H2,1-6H3. The lowest BCUT2D eigenvalue weighted by molar-refractivity contribution is 0.0468. The number of carbonyl (C=O) groups is 1. The van der Waals surface area contributed by atoms with Gasteiger partial charge in [0.1, 0.15) is 10.9 Å². The highest BCUT2D eigenvalue weighted by Gasteiger charge is 2.30. The molecule has 0 bridgehead atoms. The summed E-state index contributed by atoms with van der Waals surface area (Å²) in [6.45, 7) is 7.14. The third kappa shape index (κ3) is 3.25. The number of rotatable bonds is 4. The highest BCUT2D eigenvalue weighted by atomic mass is 32.2. The van der Waals surface area contributed by atoms with Crippen LogP contribution in [0.25, 0.3) is 0 Å². The number of hydrogen-bond donors (Lipinski definition) is 1. The number of aliphatic hydroxyl groups excluding tert-OH is 1. The van der Waals surface area contributed by atoms with Crippen molar-refractivity contribution in [3.8, 4) is 0 Å². The van der Waals surface area contributed by atoms with E-state index in [1.807, 2.05) is 27.0 Å². The molecule has 0 saturated heterocycles. The smallest absolute Gasteiger partial charge is 0.258 e. The van der Waals surface area contributed by atoms with E-state index < -0.39 is 5.54 Å². The van der Waals surface area contributed by atoms with E-state index in [0.717, 1.165) is 0 Å². The van der Waals surface area contributed by atoms with Crippen molar-refractivity contribution >= 4 is 17.7 Å². The van der Waals surface area contributed by atoms with Crippen molar-refractivity contribution in [1.82, 2.24) is 14.9 Å². The molecule has 0 radical (unpaired) electrons. The number of carbonyl (C=O) groups excluding carboxylic acids is 1. The van der Waals surface area contributed by atoms with Crippen LogP contribution < -0.4 is 0 Å². The van der Waals surface area contributed by atoms with Gasteiger partial charge >= 0.3 is 0 Å². The molecule has 0 aliphatic carbocycles. The van der Waals surface area contributed by atoms with Gasteiger partial charge in [-0.2, -0.15) is 0 Å². The van der Waals surface area contributed by atoms with Crippen molar-refractivity contribution in [3.05, 3.63) is 17.1 Å². The van der Waals surface area contributed by atoms with E-state index >= 15 is 0 Å². The molecule has 1 N–H and O–H groups in total. The van der Waals surface area contributed by atoms with Crippen LogP contribution in [-0.4, -0.2) is 51.3 Å². The Morgan fingerprint density at radius 3 is 2.42 bits per heavy atom. The first-order valence-corrected chi connectivity index (χ1v) is 7.25. The van der Waals surface area contributed by atoms with Gasteiger partial charge < -0.3 is 10.0 Å². The Kier molecular flexibility index (Phi) is 4.92. The number of hydrogen-bond acceptors (Lipinski definition) is 5. The van der Waals surface area contributed by atoms with Gasteiger partial charge in [-0.1, -0.05) is 0 Å². The van der Waals surface area contributed by atoms with E-state index in [1.165, 1.54) is 16.7 Å². The molecule has 1 aromatic rings. The Labute approximate surface area is 118 Å². The molecule has 0 atom stereocenters. The summed E-state index contributed by atoms with van der Waals surface area (Å²) >= 11 is 1.43. The summed E-state index contributed by atoms with van der Waals surface area (Å²) in [7, 11) is 1.68. The van der Waals surface area contributed by atoms with E-state index in [-0.39, 0.29) is 12.5 Å². The van der Waals surface area contributed by atoms with Gasteiger partial charge in [-0.25, -0.2) is 9.97 Å². The quantitative estimate of drug-likeness (QED) is 0.672. The zero-order valence-corrected chi connectivity index (χ0v) is 13.1. The lowest BCUT2D eigenvalue weighted by Crippen LogP contribution is -2.48. The molecule has 0 fully saturated rings. The zero-order valence-electron chi connectivity index (χ0n) is 12.3. The highest BCUT2D eigenvalue weighted by molar-refractivity contribution is 7.98. The van der Waals surface area contributed by atoms with Gasteiger partial charge in [-0.3, -0.25) is 4.79 Å². The lowest BCUT2D eigenvalue weighted by Gasteiger charge is -2.34. The maximum Gasteiger partial charge on any atom is 0.258 e. The van der Waals surface area contributed by atoms with Crippen molar-refractivity contribution in [3.63, 3.8) is 0 Å². The van der Waals surface area contributed by atoms with Crippen molar-refractivity contribution in [2.45, 2.75) is 38.3 Å². The Balaban J connectivity index is 3.27. The molecule has 0 unspecified atom stereocenters. The van der Waals surface area contributed by atoms with Crippen LogP contribution in [0.3, 0.4) is 0 Å². The predicted molar refractivity (Wildman–Crippen MR) is 76.5 cm³/mol. The fraction of sp³-hybridized carbons (Fsp3) is 0.615. The molecule has 1 rings (SSSR count). The molecule has 6 heteroatoms. The van der Waals surface area contributed by atoms with E-state index in [0.29, 0.717) is 22.1 Å². The van der Waals surface area contributed by atoms with Gasteiger partial charge in [0.05, 0.1) is 23.4 Å². The van der Waals surface area contributed by atoms with Crippen molar-refractivity contribution < 1.29 is 9.90 Å². The SMILES string of the molecule is CSc1nc(C)nc(C)c1C(=O)N(C)C(C)(C)CO. The van der Waals surface area contributed by atoms with Gasteiger partial charge in [-0.15, -0.1) is 11.8 Å². The van der Waals surface area contributed by atoms with E-state index in [2.05, 4.69) is 9.97 Å². The molecule has 0 aliphatic rings. The van der Waals surface area contributed by atoms with E-state index in [9.17, 15) is 9.90 Å². The van der Waals surface area contributed by atoms with Crippen LogP contribution >= 0.6 is 11.8 Å². The van der Waals surface area contributed by atoms with Crippen molar-refractivity contribution in [1.29, 1.82) is 0 Å². The minimum Gasteiger partial charge on any atom is -0.394 e. The molecular formula is C13H21N3O2S. The summed E-state index contributed by atoms with van der Waals surface area (Å²) < 4.78 is 0. The van der Waals surface area contributed by atoms with Crippen LogP contribution in [-0.2, 0) is 0 Å². The third-order valence-corrected chi connectivity index (χ3v) is 3.86. The van der Waals surface area contributed by atoms with E-state index in [4.69, 9.17) is 0 Å². The average Bonchev–Trinajstić information content (AvgIpc) is 2.36. The Morgan fingerprint density at radius 1 is 1.37 bits per heavy atom. The second-order valence-electron chi connectivity index (χ2n) is 5.08. The van der Waals surface area contributed by atoms with Gasteiger partial charge in [0.2, 0.25) is 0 Å². The van der Waals surface area contributed by atoms with Crippen molar-refractivity contribution in [2.24, 2.45) is 0 Å². The first-order chi connectivity index (χ1) is 8.74. The van der Waals surface area contributed by atoms with Crippen LogP contribution in [0, 0.1) is 13.8 Å². The van der Waals surface area contributed by atoms with Gasteiger partial charge in [0.25, 0.3) is 5.91 Å². The van der Waals surface area contributed by atoms with Crippen LogP contribution in [0.1, 0.15) is 35.7 Å². The van der Waals surface area contributed by atoms with E-state index in [1.54, 1.807) is 14.0 Å². The number of likely N-dealkylation sites (N-methyl/N-ethyl adjacent to an activating group) is 1. The van der Waals surface area contributed by atoms with Gasteiger partial charge in [-0.05, 0) is 34.0 Å². The molecule has 0 spiro atoms. The first kappa shape index (κ1) is 15.9. The Hall–Kier alpha value is -1.14. The fourth-order valence-electron chi connectivity index (χ4n) is 1.62. The first-order valence-electron chi connectivity index (χ1n) is 6.03. The van der Waals surface area contributed by atoms with Gasteiger partial charge in [0, 0.05) is 7.05 Å². The number of aliphatic hydroxyl groups is 1. The Morgan fingerprint density at radius 2 is 1.95 bits per heavy atom. The largest absolute Gasteiger partial charge is 0.394 e. The predicted octanol–water partition coefficient (Wildman–Crippen LogP) is 1.66. The summed E-state index contributed by atoms with van der Waals surface area (Å²) in [5.41, 5.74) is 0.564. The maximum absolute atomic E-state index is 12.6.